The molecule has 0 radical (unpaired) electrons. The topological polar surface area (TPSA) is 40.6 Å². The number of sulfonamides is 1. The van der Waals surface area contributed by atoms with E-state index in [-0.39, 0.29) is 11.8 Å². The van der Waals surface area contributed by atoms with Crippen LogP contribution in [0, 0.1) is 11.8 Å². The van der Waals surface area contributed by atoms with Crippen molar-refractivity contribution < 1.29 is 8.42 Å². The van der Waals surface area contributed by atoms with Crippen LogP contribution in [0.4, 0.5) is 0 Å². The van der Waals surface area contributed by atoms with Gasteiger partial charge in [-0.15, -0.1) is 0 Å². The summed E-state index contributed by atoms with van der Waals surface area (Å²) in [6, 6.07) is 17.8. The Labute approximate surface area is 160 Å². The molecule has 0 amide bonds. The van der Waals surface area contributed by atoms with E-state index in [1.54, 1.807) is 22.5 Å². The van der Waals surface area contributed by atoms with Crippen molar-refractivity contribution >= 4 is 21.6 Å². The van der Waals surface area contributed by atoms with Crippen LogP contribution in [0.5, 0.6) is 0 Å². The van der Waals surface area contributed by atoms with E-state index in [2.05, 4.69) is 36.2 Å². The van der Waals surface area contributed by atoms with Crippen LogP contribution < -0.4 is 0 Å². The first-order chi connectivity index (χ1) is 12.4. The average molecular weight is 391 g/mol. The molecule has 6 heteroatoms. The zero-order valence-corrected chi connectivity index (χ0v) is 16.3. The second-order valence-corrected chi connectivity index (χ2v) is 9.83. The van der Waals surface area contributed by atoms with Crippen LogP contribution in [0.3, 0.4) is 0 Å². The Morgan fingerprint density at radius 3 is 2.54 bits per heavy atom. The van der Waals surface area contributed by atoms with E-state index in [9.17, 15) is 8.42 Å². The molecule has 0 N–H and O–H groups in total. The number of halogens is 1. The summed E-state index contributed by atoms with van der Waals surface area (Å²) in [7, 11) is -1.20. The largest absolute Gasteiger partial charge is 0.299 e. The molecule has 138 valence electrons. The Bertz CT molecular complexity index is 888. The van der Waals surface area contributed by atoms with Crippen LogP contribution in [-0.2, 0) is 15.8 Å². The molecule has 2 fully saturated rings. The quantitative estimate of drug-likeness (QED) is 0.803. The lowest BCUT2D eigenvalue weighted by molar-refractivity contribution is 0.261. The summed E-state index contributed by atoms with van der Waals surface area (Å²) in [5.41, 5.74) is 2.02. The molecule has 3 atom stereocenters. The van der Waals surface area contributed by atoms with Crippen molar-refractivity contribution in [2.75, 3.05) is 26.7 Å². The van der Waals surface area contributed by atoms with Crippen molar-refractivity contribution in [3.63, 3.8) is 0 Å². The van der Waals surface area contributed by atoms with Gasteiger partial charge in [-0.3, -0.25) is 4.90 Å². The third-order valence-electron chi connectivity index (χ3n) is 5.63. The first-order valence-electron chi connectivity index (χ1n) is 8.91. The van der Waals surface area contributed by atoms with Crippen molar-refractivity contribution in [1.82, 2.24) is 9.21 Å². The molecule has 0 saturated carbocycles. The molecular weight excluding hydrogens is 368 g/mol. The molecule has 0 aliphatic carbocycles. The monoisotopic (exact) mass is 390 g/mol. The van der Waals surface area contributed by atoms with Gasteiger partial charge in [-0.1, -0.05) is 54.1 Å². The normalized spacial score (nSPS) is 26.9. The van der Waals surface area contributed by atoms with E-state index >= 15 is 0 Å². The molecule has 0 aromatic heterocycles. The molecule has 2 aliphatic heterocycles. The van der Waals surface area contributed by atoms with Crippen LogP contribution in [0.2, 0.25) is 5.02 Å². The van der Waals surface area contributed by atoms with E-state index in [1.807, 2.05) is 12.1 Å². The fraction of sp³-hybridized carbons (Fsp3) is 0.400. The summed E-state index contributed by atoms with van der Waals surface area (Å²) in [4.78, 5) is 2.37. The molecule has 2 aromatic rings. The summed E-state index contributed by atoms with van der Waals surface area (Å²) in [6.07, 6.45) is 0. The lowest BCUT2D eigenvalue weighted by Crippen LogP contribution is -2.34. The Balaban J connectivity index is 1.53. The Hall–Kier alpha value is -1.40. The van der Waals surface area contributed by atoms with E-state index in [0.29, 0.717) is 29.9 Å². The smallest absolute Gasteiger partial charge is 0.218 e. The fourth-order valence-electron chi connectivity index (χ4n) is 4.52. The van der Waals surface area contributed by atoms with Crippen molar-refractivity contribution in [2.24, 2.45) is 11.8 Å². The van der Waals surface area contributed by atoms with Crippen molar-refractivity contribution in [1.29, 1.82) is 0 Å². The van der Waals surface area contributed by atoms with Crippen molar-refractivity contribution in [3.8, 4) is 0 Å². The van der Waals surface area contributed by atoms with Gasteiger partial charge in [-0.05, 0) is 42.1 Å². The highest BCUT2D eigenvalue weighted by Crippen LogP contribution is 2.44. The number of fused-ring (bicyclic) bond motifs is 1. The van der Waals surface area contributed by atoms with E-state index in [1.165, 1.54) is 5.56 Å². The van der Waals surface area contributed by atoms with Gasteiger partial charge in [0.1, 0.15) is 0 Å². The molecule has 0 unspecified atom stereocenters. The number of benzene rings is 2. The second-order valence-electron chi connectivity index (χ2n) is 7.42. The van der Waals surface area contributed by atoms with Gasteiger partial charge in [0.25, 0.3) is 0 Å². The third kappa shape index (κ3) is 3.41. The van der Waals surface area contributed by atoms with Gasteiger partial charge in [-0.25, -0.2) is 12.7 Å². The maximum absolute atomic E-state index is 12.9. The van der Waals surface area contributed by atoms with Gasteiger partial charge >= 0.3 is 0 Å². The van der Waals surface area contributed by atoms with E-state index in [4.69, 9.17) is 11.6 Å². The standard InChI is InChI=1S/C20H23ClN2O2S/c1-22-11-17-12-23(13-19(17)20(22)16-7-3-2-4-8-16)26(24,25)14-15-6-5-9-18(21)10-15/h2-10,17,19-20H,11-14H2,1H3/t17-,19+,20-/m0/s1. The van der Waals surface area contributed by atoms with Gasteiger partial charge < -0.3 is 0 Å². The predicted octanol–water partition coefficient (Wildman–Crippen LogP) is 3.40. The maximum atomic E-state index is 12.9. The Morgan fingerprint density at radius 1 is 1.04 bits per heavy atom. The molecule has 2 aromatic carbocycles. The molecule has 0 bridgehead atoms. The lowest BCUT2D eigenvalue weighted by atomic mass is 9.90. The van der Waals surface area contributed by atoms with Crippen molar-refractivity contribution in [3.05, 3.63) is 70.7 Å². The minimum atomic E-state index is -3.34. The fourth-order valence-corrected chi connectivity index (χ4v) is 6.34. The molecule has 0 spiro atoms. The highest BCUT2D eigenvalue weighted by molar-refractivity contribution is 7.88. The molecular formula is C20H23ClN2O2S. The molecule has 2 aliphatic rings. The first-order valence-corrected chi connectivity index (χ1v) is 10.9. The lowest BCUT2D eigenvalue weighted by Gasteiger charge is -2.26. The molecule has 2 heterocycles. The minimum absolute atomic E-state index is 0.0127. The van der Waals surface area contributed by atoms with Gasteiger partial charge in [0, 0.05) is 30.7 Å². The minimum Gasteiger partial charge on any atom is -0.299 e. The van der Waals surface area contributed by atoms with E-state index in [0.717, 1.165) is 12.1 Å². The summed E-state index contributed by atoms with van der Waals surface area (Å²) < 4.78 is 27.6. The summed E-state index contributed by atoms with van der Waals surface area (Å²) >= 11 is 6.00. The van der Waals surface area contributed by atoms with Crippen LogP contribution in [0.15, 0.2) is 54.6 Å². The summed E-state index contributed by atoms with van der Waals surface area (Å²) in [6.45, 7) is 2.14. The number of rotatable bonds is 4. The highest BCUT2D eigenvalue weighted by Gasteiger charge is 2.48. The Morgan fingerprint density at radius 2 is 1.81 bits per heavy atom. The van der Waals surface area contributed by atoms with Crippen LogP contribution in [-0.4, -0.2) is 44.3 Å². The summed E-state index contributed by atoms with van der Waals surface area (Å²) in [5, 5.41) is 0.571. The molecule has 26 heavy (non-hydrogen) atoms. The highest BCUT2D eigenvalue weighted by atomic mass is 35.5. The SMILES string of the molecule is CN1C[C@H]2CN(S(=O)(=O)Cc3cccc(Cl)c3)C[C@H]2[C@@H]1c1ccccc1. The van der Waals surface area contributed by atoms with Crippen LogP contribution in [0.1, 0.15) is 17.2 Å². The van der Waals surface area contributed by atoms with Gasteiger partial charge in [-0.2, -0.15) is 0 Å². The van der Waals surface area contributed by atoms with Gasteiger partial charge in [0.15, 0.2) is 0 Å². The molecule has 2 saturated heterocycles. The van der Waals surface area contributed by atoms with Crippen molar-refractivity contribution in [2.45, 2.75) is 11.8 Å². The maximum Gasteiger partial charge on any atom is 0.218 e. The number of nitrogens with zero attached hydrogens (tertiary/aromatic N) is 2. The third-order valence-corrected chi connectivity index (χ3v) is 7.65. The van der Waals surface area contributed by atoms with E-state index < -0.39 is 10.0 Å². The van der Waals surface area contributed by atoms with Crippen LogP contribution >= 0.6 is 11.6 Å². The van der Waals surface area contributed by atoms with Crippen LogP contribution in [0.25, 0.3) is 0 Å². The second kappa shape index (κ2) is 6.97. The zero-order chi connectivity index (χ0) is 18.3. The first kappa shape index (κ1) is 18.0. The zero-order valence-electron chi connectivity index (χ0n) is 14.8. The summed E-state index contributed by atoms with van der Waals surface area (Å²) in [5.74, 6) is 0.745. The Kier molecular flexibility index (Phi) is 4.82. The molecule has 4 rings (SSSR count). The van der Waals surface area contributed by atoms with Gasteiger partial charge in [0.05, 0.1) is 5.75 Å². The number of hydrogen-bond donors (Lipinski definition) is 0. The number of hydrogen-bond acceptors (Lipinski definition) is 3. The van der Waals surface area contributed by atoms with Gasteiger partial charge in [0.2, 0.25) is 10.0 Å². The molecule has 4 nitrogen and oxygen atoms in total. The number of likely N-dealkylation sites (tertiary alicyclic amines) is 1. The average Bonchev–Trinajstić information content (AvgIpc) is 3.12. The predicted molar refractivity (Wildman–Crippen MR) is 104 cm³/mol.